The van der Waals surface area contributed by atoms with Crippen molar-refractivity contribution in [1.82, 2.24) is 0 Å². The number of ether oxygens (including phenoxy) is 1. The van der Waals surface area contributed by atoms with Gasteiger partial charge in [-0.15, -0.1) is 0 Å². The Bertz CT molecular complexity index is 842. The van der Waals surface area contributed by atoms with Gasteiger partial charge in [-0.25, -0.2) is 0 Å². The van der Waals surface area contributed by atoms with Crippen LogP contribution in [0.3, 0.4) is 0 Å². The van der Waals surface area contributed by atoms with Gasteiger partial charge in [0.2, 0.25) is 0 Å². The molecule has 126 valence electrons. The minimum Gasteiger partial charge on any atom is -0.497 e. The van der Waals surface area contributed by atoms with E-state index in [9.17, 15) is 9.90 Å². The fraction of sp³-hybridized carbons (Fsp3) is 0.0952. The predicted molar refractivity (Wildman–Crippen MR) is 99.0 cm³/mol. The summed E-state index contributed by atoms with van der Waals surface area (Å²) < 4.78 is 5.34. The third-order valence-electron chi connectivity index (χ3n) is 3.98. The third-order valence-corrected chi connectivity index (χ3v) is 3.98. The maximum atomic E-state index is 10.9. The number of nitrogens with zero attached hydrogens (tertiary/aromatic N) is 1. The van der Waals surface area contributed by atoms with Crippen LogP contribution in [-0.4, -0.2) is 18.5 Å². The molecular weight excluding hydrogens is 314 g/mol. The average Bonchev–Trinajstić information content (AvgIpc) is 2.69. The predicted octanol–water partition coefficient (Wildman–Crippen LogP) is 4.47. The molecule has 3 rings (SSSR count). The second-order valence-electron chi connectivity index (χ2n) is 5.57. The van der Waals surface area contributed by atoms with Crippen molar-refractivity contribution < 1.29 is 14.6 Å². The van der Waals surface area contributed by atoms with E-state index in [1.165, 1.54) is 0 Å². The van der Waals surface area contributed by atoms with E-state index in [1.807, 2.05) is 60.7 Å². The standard InChI is InChI=1S/C21H19NO3/c1-25-21-4-2-3-20(13-21)22(18-9-5-16(14-23)6-10-18)19-11-7-17(15-24)8-12-19/h2-14,24H,15H2,1H3. The zero-order valence-electron chi connectivity index (χ0n) is 13.9. The van der Waals surface area contributed by atoms with Crippen LogP contribution in [0.15, 0.2) is 72.8 Å². The van der Waals surface area contributed by atoms with E-state index < -0.39 is 0 Å². The largest absolute Gasteiger partial charge is 0.497 e. The van der Waals surface area contributed by atoms with Crippen LogP contribution in [-0.2, 0) is 6.61 Å². The highest BCUT2D eigenvalue weighted by Gasteiger charge is 2.13. The van der Waals surface area contributed by atoms with Crippen molar-refractivity contribution in [2.24, 2.45) is 0 Å². The number of hydrogen-bond donors (Lipinski definition) is 1. The first-order valence-electron chi connectivity index (χ1n) is 7.94. The van der Waals surface area contributed by atoms with Gasteiger partial charge in [-0.1, -0.05) is 18.2 Å². The lowest BCUT2D eigenvalue weighted by atomic mass is 10.1. The van der Waals surface area contributed by atoms with Crippen LogP contribution in [0, 0.1) is 0 Å². The number of benzene rings is 3. The lowest BCUT2D eigenvalue weighted by molar-refractivity contribution is 0.112. The molecule has 0 aliphatic carbocycles. The highest BCUT2D eigenvalue weighted by atomic mass is 16.5. The Kier molecular flexibility index (Phi) is 5.11. The van der Waals surface area contributed by atoms with Crippen LogP contribution in [0.2, 0.25) is 0 Å². The van der Waals surface area contributed by atoms with Gasteiger partial charge in [0.15, 0.2) is 0 Å². The lowest BCUT2D eigenvalue weighted by Crippen LogP contribution is -2.10. The van der Waals surface area contributed by atoms with Gasteiger partial charge in [-0.3, -0.25) is 4.79 Å². The van der Waals surface area contributed by atoms with Crippen LogP contribution in [0.4, 0.5) is 17.1 Å². The number of aliphatic hydroxyl groups is 1. The molecule has 0 radical (unpaired) electrons. The molecule has 0 atom stereocenters. The quantitative estimate of drug-likeness (QED) is 0.676. The second kappa shape index (κ2) is 7.64. The van der Waals surface area contributed by atoms with E-state index in [0.717, 1.165) is 34.7 Å². The number of aliphatic hydroxyl groups excluding tert-OH is 1. The maximum absolute atomic E-state index is 10.9. The van der Waals surface area contributed by atoms with Gasteiger partial charge in [0.25, 0.3) is 0 Å². The van der Waals surface area contributed by atoms with Gasteiger partial charge in [-0.05, 0) is 54.1 Å². The molecule has 0 aliphatic rings. The molecule has 4 nitrogen and oxygen atoms in total. The lowest BCUT2D eigenvalue weighted by Gasteiger charge is -2.26. The molecule has 0 bridgehead atoms. The minimum absolute atomic E-state index is 0.00741. The molecule has 1 N–H and O–H groups in total. The van der Waals surface area contributed by atoms with Crippen molar-refractivity contribution in [3.63, 3.8) is 0 Å². The van der Waals surface area contributed by atoms with E-state index in [4.69, 9.17) is 4.74 Å². The van der Waals surface area contributed by atoms with Crippen LogP contribution < -0.4 is 9.64 Å². The molecule has 25 heavy (non-hydrogen) atoms. The molecule has 0 saturated heterocycles. The van der Waals surface area contributed by atoms with Crippen LogP contribution in [0.25, 0.3) is 0 Å². The van der Waals surface area contributed by atoms with Crippen LogP contribution >= 0.6 is 0 Å². The summed E-state index contributed by atoms with van der Waals surface area (Å²) in [6, 6.07) is 22.9. The first kappa shape index (κ1) is 16.7. The molecular formula is C21H19NO3. The molecule has 0 saturated carbocycles. The molecule has 3 aromatic carbocycles. The zero-order valence-corrected chi connectivity index (χ0v) is 13.9. The smallest absolute Gasteiger partial charge is 0.150 e. The number of carbonyl (C=O) groups excluding carboxylic acids is 1. The molecule has 0 fully saturated rings. The van der Waals surface area contributed by atoms with Gasteiger partial charge in [-0.2, -0.15) is 0 Å². The number of carbonyl (C=O) groups is 1. The molecule has 0 unspecified atom stereocenters. The summed E-state index contributed by atoms with van der Waals surface area (Å²) in [5.41, 5.74) is 4.30. The Morgan fingerprint density at radius 2 is 1.56 bits per heavy atom. The molecule has 0 amide bonds. The second-order valence-corrected chi connectivity index (χ2v) is 5.57. The van der Waals surface area contributed by atoms with Gasteiger partial charge < -0.3 is 14.7 Å². The minimum atomic E-state index is 0.00741. The van der Waals surface area contributed by atoms with E-state index in [2.05, 4.69) is 4.90 Å². The van der Waals surface area contributed by atoms with Crippen molar-refractivity contribution in [3.05, 3.63) is 83.9 Å². The fourth-order valence-electron chi connectivity index (χ4n) is 2.65. The van der Waals surface area contributed by atoms with Gasteiger partial charge in [0.1, 0.15) is 12.0 Å². The molecule has 0 heterocycles. The normalized spacial score (nSPS) is 10.3. The van der Waals surface area contributed by atoms with E-state index in [0.29, 0.717) is 5.56 Å². The van der Waals surface area contributed by atoms with E-state index in [-0.39, 0.29) is 6.61 Å². The van der Waals surface area contributed by atoms with Crippen molar-refractivity contribution in [2.75, 3.05) is 12.0 Å². The summed E-state index contributed by atoms with van der Waals surface area (Å²) in [6.45, 7) is 0.00741. The van der Waals surface area contributed by atoms with E-state index in [1.54, 1.807) is 19.2 Å². The Labute approximate surface area is 146 Å². The van der Waals surface area contributed by atoms with Crippen molar-refractivity contribution in [1.29, 1.82) is 0 Å². The average molecular weight is 333 g/mol. The fourth-order valence-corrected chi connectivity index (χ4v) is 2.65. The van der Waals surface area contributed by atoms with Crippen molar-refractivity contribution in [3.8, 4) is 5.75 Å². The first-order valence-corrected chi connectivity index (χ1v) is 7.94. The number of methoxy groups -OCH3 is 1. The monoisotopic (exact) mass is 333 g/mol. The summed E-state index contributed by atoms with van der Waals surface area (Å²) in [5, 5.41) is 9.26. The molecule has 0 aliphatic heterocycles. The summed E-state index contributed by atoms with van der Waals surface area (Å²) >= 11 is 0. The van der Waals surface area contributed by atoms with Crippen LogP contribution in [0.5, 0.6) is 5.75 Å². The topological polar surface area (TPSA) is 49.8 Å². The Balaban J connectivity index is 2.09. The highest BCUT2D eigenvalue weighted by molar-refractivity contribution is 5.80. The Morgan fingerprint density at radius 3 is 2.12 bits per heavy atom. The van der Waals surface area contributed by atoms with E-state index >= 15 is 0 Å². The molecule has 0 spiro atoms. The Morgan fingerprint density at radius 1 is 0.920 bits per heavy atom. The zero-order chi connectivity index (χ0) is 17.6. The number of hydrogen-bond acceptors (Lipinski definition) is 4. The highest BCUT2D eigenvalue weighted by Crippen LogP contribution is 2.36. The number of rotatable bonds is 6. The number of aldehydes is 1. The summed E-state index contributed by atoms with van der Waals surface area (Å²) in [6.07, 6.45) is 0.829. The van der Waals surface area contributed by atoms with Crippen molar-refractivity contribution in [2.45, 2.75) is 6.61 Å². The van der Waals surface area contributed by atoms with Crippen molar-refractivity contribution >= 4 is 23.3 Å². The molecule has 0 aromatic heterocycles. The SMILES string of the molecule is COc1cccc(N(c2ccc(C=O)cc2)c2ccc(CO)cc2)c1. The van der Waals surface area contributed by atoms with Gasteiger partial charge in [0.05, 0.1) is 13.7 Å². The molecule has 3 aromatic rings. The Hall–Kier alpha value is -3.11. The summed E-state index contributed by atoms with van der Waals surface area (Å²) in [5.74, 6) is 0.763. The van der Waals surface area contributed by atoms with Gasteiger partial charge in [0, 0.05) is 28.7 Å². The summed E-state index contributed by atoms with van der Waals surface area (Å²) in [7, 11) is 1.64. The van der Waals surface area contributed by atoms with Crippen LogP contribution in [0.1, 0.15) is 15.9 Å². The van der Waals surface area contributed by atoms with Gasteiger partial charge >= 0.3 is 0 Å². The summed E-state index contributed by atoms with van der Waals surface area (Å²) in [4.78, 5) is 13.0. The number of anilines is 3. The maximum Gasteiger partial charge on any atom is 0.150 e. The third kappa shape index (κ3) is 3.70. The first-order chi connectivity index (χ1) is 12.2. The molecule has 4 heteroatoms.